The molecule has 82 valence electrons. The molecule has 0 saturated heterocycles. The van der Waals surface area contributed by atoms with Crippen LogP contribution in [0.15, 0.2) is 18.2 Å². The minimum absolute atomic E-state index is 0.0896. The lowest BCUT2D eigenvalue weighted by molar-refractivity contribution is 0.0242. The van der Waals surface area contributed by atoms with E-state index in [0.717, 1.165) is 6.07 Å². The number of carbonyl (C=O) groups is 1. The first-order chi connectivity index (χ1) is 7.10. The molecule has 2 unspecified atom stereocenters. The molecule has 2 atom stereocenters. The van der Waals surface area contributed by atoms with Gasteiger partial charge in [0.15, 0.2) is 6.29 Å². The van der Waals surface area contributed by atoms with Gasteiger partial charge in [-0.3, -0.25) is 4.79 Å². The van der Waals surface area contributed by atoms with Crippen molar-refractivity contribution in [1.29, 1.82) is 0 Å². The van der Waals surface area contributed by atoms with Crippen LogP contribution in [0.4, 0.5) is 4.39 Å². The molecule has 0 aliphatic carbocycles. The molecule has 15 heavy (non-hydrogen) atoms. The highest BCUT2D eigenvalue weighted by Gasteiger charge is 2.17. The molecule has 0 amide bonds. The number of hydrogen-bond acceptors (Lipinski definition) is 4. The zero-order chi connectivity index (χ0) is 11.4. The van der Waals surface area contributed by atoms with Gasteiger partial charge in [-0.15, -0.1) is 0 Å². The number of hydrogen-bond donors (Lipinski definition) is 3. The van der Waals surface area contributed by atoms with Crippen molar-refractivity contribution in [3.8, 4) is 0 Å². The molecule has 0 heterocycles. The summed E-state index contributed by atoms with van der Waals surface area (Å²) in [6.07, 6.45) is -2.01. The Labute approximate surface area is 86.1 Å². The SMILES string of the molecule is NCC(O)C(O)c1ccc(C=O)c(F)c1. The predicted octanol–water partition coefficient (Wildman–Crippen LogP) is -0.00880. The third-order valence-corrected chi connectivity index (χ3v) is 2.10. The first-order valence-corrected chi connectivity index (χ1v) is 4.41. The molecule has 1 aromatic carbocycles. The number of nitrogens with two attached hydrogens (primary N) is 1. The summed E-state index contributed by atoms with van der Waals surface area (Å²) in [4.78, 5) is 10.3. The van der Waals surface area contributed by atoms with Gasteiger partial charge in [-0.25, -0.2) is 4.39 Å². The molecule has 0 aromatic heterocycles. The van der Waals surface area contributed by atoms with Gasteiger partial charge in [-0.1, -0.05) is 6.07 Å². The minimum Gasteiger partial charge on any atom is -0.389 e. The van der Waals surface area contributed by atoms with E-state index in [9.17, 15) is 19.4 Å². The second kappa shape index (κ2) is 4.97. The highest BCUT2D eigenvalue weighted by atomic mass is 19.1. The molecular weight excluding hydrogens is 201 g/mol. The van der Waals surface area contributed by atoms with Crippen molar-refractivity contribution in [2.24, 2.45) is 5.73 Å². The Morgan fingerprint density at radius 1 is 1.47 bits per heavy atom. The molecule has 0 aliphatic rings. The van der Waals surface area contributed by atoms with E-state index in [1.54, 1.807) is 0 Å². The Kier molecular flexibility index (Phi) is 3.90. The highest BCUT2D eigenvalue weighted by molar-refractivity contribution is 5.75. The first-order valence-electron chi connectivity index (χ1n) is 4.41. The fourth-order valence-electron chi connectivity index (χ4n) is 1.17. The van der Waals surface area contributed by atoms with Gasteiger partial charge < -0.3 is 15.9 Å². The first kappa shape index (κ1) is 11.8. The molecule has 0 radical (unpaired) electrons. The van der Waals surface area contributed by atoms with Crippen LogP contribution in [-0.4, -0.2) is 29.1 Å². The summed E-state index contributed by atoms with van der Waals surface area (Å²) >= 11 is 0. The number of aldehydes is 1. The number of rotatable bonds is 4. The van der Waals surface area contributed by atoms with Crippen LogP contribution in [0, 0.1) is 5.82 Å². The van der Waals surface area contributed by atoms with Gasteiger partial charge in [0.05, 0.1) is 11.7 Å². The van der Waals surface area contributed by atoms with Crippen molar-refractivity contribution in [2.45, 2.75) is 12.2 Å². The minimum atomic E-state index is -1.25. The number of carbonyl (C=O) groups excluding carboxylic acids is 1. The molecule has 0 fully saturated rings. The van der Waals surface area contributed by atoms with E-state index < -0.39 is 18.0 Å². The number of benzene rings is 1. The van der Waals surface area contributed by atoms with Gasteiger partial charge >= 0.3 is 0 Å². The molecular formula is C10H12FNO3. The van der Waals surface area contributed by atoms with Crippen molar-refractivity contribution in [3.05, 3.63) is 35.1 Å². The summed E-state index contributed by atoms with van der Waals surface area (Å²) in [7, 11) is 0. The molecule has 4 nitrogen and oxygen atoms in total. The Morgan fingerprint density at radius 2 is 2.13 bits per heavy atom. The van der Waals surface area contributed by atoms with Crippen LogP contribution < -0.4 is 5.73 Å². The number of aliphatic hydroxyl groups is 2. The van der Waals surface area contributed by atoms with E-state index in [1.165, 1.54) is 12.1 Å². The van der Waals surface area contributed by atoms with Crippen molar-refractivity contribution >= 4 is 6.29 Å². The summed E-state index contributed by atoms with van der Waals surface area (Å²) in [6, 6.07) is 3.62. The molecule has 4 N–H and O–H groups in total. The maximum absolute atomic E-state index is 13.1. The van der Waals surface area contributed by atoms with Crippen LogP contribution in [-0.2, 0) is 0 Å². The van der Waals surface area contributed by atoms with Gasteiger partial charge in [0.25, 0.3) is 0 Å². The summed E-state index contributed by atoms with van der Waals surface area (Å²) in [5.74, 6) is -0.731. The highest BCUT2D eigenvalue weighted by Crippen LogP contribution is 2.18. The maximum Gasteiger partial charge on any atom is 0.152 e. The lowest BCUT2D eigenvalue weighted by Gasteiger charge is -2.16. The van der Waals surface area contributed by atoms with Crippen LogP contribution in [0.1, 0.15) is 22.0 Å². The quantitative estimate of drug-likeness (QED) is 0.614. The van der Waals surface area contributed by atoms with Gasteiger partial charge in [0, 0.05) is 6.54 Å². The van der Waals surface area contributed by atoms with E-state index in [4.69, 9.17) is 5.73 Å². The smallest absolute Gasteiger partial charge is 0.152 e. The predicted molar refractivity (Wildman–Crippen MR) is 51.8 cm³/mol. The zero-order valence-corrected chi connectivity index (χ0v) is 7.93. The molecule has 1 rings (SSSR count). The molecule has 1 aromatic rings. The standard InChI is InChI=1S/C10H12FNO3/c11-8-3-6(1-2-7(8)5-13)10(15)9(14)4-12/h1-3,5,9-10,14-15H,4,12H2. The van der Waals surface area contributed by atoms with Crippen LogP contribution in [0.5, 0.6) is 0 Å². The fourth-order valence-corrected chi connectivity index (χ4v) is 1.17. The van der Waals surface area contributed by atoms with E-state index in [2.05, 4.69) is 0 Å². The molecule has 0 aliphatic heterocycles. The Morgan fingerprint density at radius 3 is 2.60 bits per heavy atom. The average Bonchev–Trinajstić information content (AvgIpc) is 2.26. The molecule has 0 saturated carbocycles. The fraction of sp³-hybridized carbons (Fsp3) is 0.300. The zero-order valence-electron chi connectivity index (χ0n) is 7.93. The third kappa shape index (κ3) is 2.59. The number of aliphatic hydroxyl groups excluding tert-OH is 2. The van der Waals surface area contributed by atoms with Gasteiger partial charge in [0.1, 0.15) is 11.9 Å². The summed E-state index contributed by atoms with van der Waals surface area (Å²) < 4.78 is 13.1. The second-order valence-electron chi connectivity index (χ2n) is 3.15. The van der Waals surface area contributed by atoms with Gasteiger partial charge in [0.2, 0.25) is 0 Å². The third-order valence-electron chi connectivity index (χ3n) is 2.10. The van der Waals surface area contributed by atoms with Crippen LogP contribution >= 0.6 is 0 Å². The molecule has 0 bridgehead atoms. The Balaban J connectivity index is 2.96. The summed E-state index contributed by atoms with van der Waals surface area (Å²) in [5.41, 5.74) is 5.25. The lowest BCUT2D eigenvalue weighted by atomic mass is 10.0. The van der Waals surface area contributed by atoms with Crippen molar-refractivity contribution in [1.82, 2.24) is 0 Å². The lowest BCUT2D eigenvalue weighted by Crippen LogP contribution is -2.27. The van der Waals surface area contributed by atoms with E-state index in [1.807, 2.05) is 0 Å². The Bertz CT molecular complexity index is 357. The molecule has 0 spiro atoms. The Hall–Kier alpha value is -1.30. The van der Waals surface area contributed by atoms with E-state index in [0.29, 0.717) is 6.29 Å². The van der Waals surface area contributed by atoms with Crippen LogP contribution in [0.2, 0.25) is 0 Å². The summed E-state index contributed by atoms with van der Waals surface area (Å²) in [5, 5.41) is 18.7. The van der Waals surface area contributed by atoms with E-state index in [-0.39, 0.29) is 17.7 Å². The van der Waals surface area contributed by atoms with Crippen molar-refractivity contribution in [3.63, 3.8) is 0 Å². The number of halogens is 1. The summed E-state index contributed by atoms with van der Waals surface area (Å²) in [6.45, 7) is -0.127. The van der Waals surface area contributed by atoms with Gasteiger partial charge in [-0.2, -0.15) is 0 Å². The molecule has 5 heteroatoms. The van der Waals surface area contributed by atoms with Crippen LogP contribution in [0.25, 0.3) is 0 Å². The van der Waals surface area contributed by atoms with Crippen molar-refractivity contribution < 1.29 is 19.4 Å². The monoisotopic (exact) mass is 213 g/mol. The largest absolute Gasteiger partial charge is 0.389 e. The average molecular weight is 213 g/mol. The van der Waals surface area contributed by atoms with E-state index >= 15 is 0 Å². The second-order valence-corrected chi connectivity index (χ2v) is 3.15. The topological polar surface area (TPSA) is 83.6 Å². The van der Waals surface area contributed by atoms with Gasteiger partial charge in [-0.05, 0) is 17.7 Å². The maximum atomic E-state index is 13.1. The van der Waals surface area contributed by atoms with Crippen LogP contribution in [0.3, 0.4) is 0 Å². The normalized spacial score (nSPS) is 14.7. The van der Waals surface area contributed by atoms with Crippen molar-refractivity contribution in [2.75, 3.05) is 6.54 Å².